The average molecular weight is 593 g/mol. The minimum Gasteiger partial charge on any atom is -0.491 e. The predicted octanol–water partition coefficient (Wildman–Crippen LogP) is 6.10. The number of urea groups is 1. The summed E-state index contributed by atoms with van der Waals surface area (Å²) < 4.78 is 20.2. The summed E-state index contributed by atoms with van der Waals surface area (Å²) in [6.45, 7) is 6.68. The number of carbonyl (C=O) groups is 3. The van der Waals surface area contributed by atoms with Crippen LogP contribution in [-0.4, -0.2) is 58.4 Å². The summed E-state index contributed by atoms with van der Waals surface area (Å²) in [6, 6.07) is 19.4. The number of hydrogen-bond acceptors (Lipinski definition) is 5. The lowest BCUT2D eigenvalue weighted by atomic mass is 9.81. The van der Waals surface area contributed by atoms with Crippen molar-refractivity contribution in [1.82, 2.24) is 9.80 Å². The van der Waals surface area contributed by atoms with Crippen LogP contribution >= 0.6 is 11.6 Å². The van der Waals surface area contributed by atoms with Crippen molar-refractivity contribution < 1.29 is 23.5 Å². The molecule has 0 aromatic heterocycles. The van der Waals surface area contributed by atoms with E-state index in [1.54, 1.807) is 30.3 Å². The molecule has 2 fully saturated rings. The van der Waals surface area contributed by atoms with Gasteiger partial charge < -0.3 is 10.1 Å². The number of amides is 4. The van der Waals surface area contributed by atoms with E-state index in [9.17, 15) is 18.8 Å². The molecule has 5 rings (SSSR count). The van der Waals surface area contributed by atoms with Gasteiger partial charge in [-0.1, -0.05) is 29.8 Å². The van der Waals surface area contributed by atoms with Crippen LogP contribution < -0.4 is 15.0 Å². The van der Waals surface area contributed by atoms with Gasteiger partial charge in [0.1, 0.15) is 23.7 Å². The van der Waals surface area contributed by atoms with Gasteiger partial charge in [-0.25, -0.2) is 9.18 Å². The number of piperidine rings is 1. The summed E-state index contributed by atoms with van der Waals surface area (Å²) in [5.74, 6) is -0.702. The molecule has 2 aliphatic heterocycles. The van der Waals surface area contributed by atoms with Crippen LogP contribution in [-0.2, 0) is 16.1 Å². The second kappa shape index (κ2) is 12.1. The molecule has 0 aliphatic carbocycles. The predicted molar refractivity (Wildman–Crippen MR) is 160 cm³/mol. The fourth-order valence-corrected chi connectivity index (χ4v) is 5.98. The van der Waals surface area contributed by atoms with Crippen LogP contribution in [0.4, 0.5) is 20.6 Å². The standard InChI is InChI=1S/C32H34ClFN4O4/c1-21(2)42-28-9-4-6-23(16-28)19-36-15-14-32(18-22(36)3)30(40)37(20-29(39)35-26-12-10-24(33)11-13-26)31(41)38(32)27-8-5-7-25(34)17-27/h4-13,16-17,21-22H,14-15,18-20H2,1-3H3,(H,35,39)/t22-,32+/m0/s1. The molecule has 0 saturated carbocycles. The van der Waals surface area contributed by atoms with Crippen LogP contribution in [0, 0.1) is 5.82 Å². The molecule has 0 radical (unpaired) electrons. The number of carbonyl (C=O) groups excluding carboxylic acids is 3. The van der Waals surface area contributed by atoms with E-state index >= 15 is 0 Å². The lowest BCUT2D eigenvalue weighted by molar-refractivity contribution is -0.135. The van der Waals surface area contributed by atoms with Gasteiger partial charge in [0.15, 0.2) is 0 Å². The number of nitrogens with zero attached hydrogens (tertiary/aromatic N) is 3. The zero-order chi connectivity index (χ0) is 30.0. The number of halogens is 2. The maximum absolute atomic E-state index is 14.3. The fourth-order valence-electron chi connectivity index (χ4n) is 5.85. The van der Waals surface area contributed by atoms with E-state index in [4.69, 9.17) is 16.3 Å². The molecular formula is C32H34ClFN4O4. The first kappa shape index (κ1) is 29.5. The summed E-state index contributed by atoms with van der Waals surface area (Å²) in [5, 5.41) is 3.23. The van der Waals surface area contributed by atoms with Gasteiger partial charge in [0, 0.05) is 35.5 Å². The Bertz CT molecular complexity index is 1480. The summed E-state index contributed by atoms with van der Waals surface area (Å²) in [4.78, 5) is 45.5. The maximum atomic E-state index is 14.3. The minimum atomic E-state index is -1.25. The average Bonchev–Trinajstić information content (AvgIpc) is 3.12. The van der Waals surface area contributed by atoms with E-state index in [-0.39, 0.29) is 17.8 Å². The SMILES string of the molecule is CC(C)Oc1cccc(CN2CC[C@@]3(C[C@@H]2C)C(=O)N(CC(=O)Nc2ccc(Cl)cc2)C(=O)N3c2cccc(F)c2)c1. The maximum Gasteiger partial charge on any atom is 0.332 e. The number of nitrogens with one attached hydrogen (secondary N) is 1. The molecule has 0 unspecified atom stereocenters. The Hall–Kier alpha value is -3.95. The van der Waals surface area contributed by atoms with E-state index < -0.39 is 35.7 Å². The van der Waals surface area contributed by atoms with Gasteiger partial charge in [0.25, 0.3) is 5.91 Å². The van der Waals surface area contributed by atoms with E-state index in [1.807, 2.05) is 45.0 Å². The summed E-state index contributed by atoms with van der Waals surface area (Å²) in [6.07, 6.45) is 0.714. The van der Waals surface area contributed by atoms with E-state index in [1.165, 1.54) is 23.1 Å². The third kappa shape index (κ3) is 6.12. The highest BCUT2D eigenvalue weighted by molar-refractivity contribution is 6.30. The summed E-state index contributed by atoms with van der Waals surface area (Å²) in [5.41, 5.74) is 0.606. The molecule has 1 N–H and O–H groups in total. The highest BCUT2D eigenvalue weighted by atomic mass is 35.5. The highest BCUT2D eigenvalue weighted by Crippen LogP contribution is 2.43. The number of hydrogen-bond donors (Lipinski definition) is 1. The second-order valence-corrected chi connectivity index (χ2v) is 11.6. The Labute approximate surface area is 250 Å². The summed E-state index contributed by atoms with van der Waals surface area (Å²) >= 11 is 5.93. The number of likely N-dealkylation sites (tertiary alicyclic amines) is 1. The molecule has 220 valence electrons. The fraction of sp³-hybridized carbons (Fsp3) is 0.344. The normalized spacial score (nSPS) is 21.0. The van der Waals surface area contributed by atoms with Crippen LogP contribution in [0.5, 0.6) is 5.75 Å². The molecule has 0 bridgehead atoms. The molecule has 3 aromatic rings. The number of ether oxygens (including phenoxy) is 1. The van der Waals surface area contributed by atoms with Gasteiger partial charge >= 0.3 is 6.03 Å². The Balaban J connectivity index is 1.38. The number of rotatable bonds is 8. The van der Waals surface area contributed by atoms with Gasteiger partial charge in [-0.15, -0.1) is 0 Å². The first-order valence-corrected chi connectivity index (χ1v) is 14.4. The Morgan fingerprint density at radius 2 is 1.83 bits per heavy atom. The van der Waals surface area contributed by atoms with Gasteiger partial charge in [0.05, 0.1) is 6.10 Å². The van der Waals surface area contributed by atoms with E-state index in [0.29, 0.717) is 36.6 Å². The van der Waals surface area contributed by atoms with Crippen molar-refractivity contribution in [3.8, 4) is 5.75 Å². The zero-order valence-corrected chi connectivity index (χ0v) is 24.6. The van der Waals surface area contributed by atoms with Crippen LogP contribution in [0.1, 0.15) is 39.2 Å². The van der Waals surface area contributed by atoms with Gasteiger partial charge in [-0.3, -0.25) is 24.3 Å². The Kier molecular flexibility index (Phi) is 8.52. The molecule has 4 amide bonds. The molecule has 3 aromatic carbocycles. The van der Waals surface area contributed by atoms with E-state index in [2.05, 4.69) is 10.2 Å². The largest absolute Gasteiger partial charge is 0.491 e. The minimum absolute atomic E-state index is 0.0601. The van der Waals surface area contributed by atoms with Crippen molar-refractivity contribution in [2.24, 2.45) is 0 Å². The van der Waals surface area contributed by atoms with Crippen LogP contribution in [0.25, 0.3) is 0 Å². The van der Waals surface area contributed by atoms with Crippen molar-refractivity contribution in [2.45, 2.75) is 57.8 Å². The molecule has 2 atom stereocenters. The third-order valence-electron chi connectivity index (χ3n) is 7.71. The van der Waals surface area contributed by atoms with Gasteiger partial charge in [-0.2, -0.15) is 0 Å². The smallest absolute Gasteiger partial charge is 0.332 e. The van der Waals surface area contributed by atoms with Gasteiger partial charge in [0.2, 0.25) is 5.91 Å². The number of anilines is 2. The van der Waals surface area contributed by atoms with Crippen molar-refractivity contribution in [3.05, 3.63) is 89.2 Å². The monoisotopic (exact) mass is 592 g/mol. The zero-order valence-electron chi connectivity index (χ0n) is 23.8. The second-order valence-electron chi connectivity index (χ2n) is 11.2. The quantitative estimate of drug-likeness (QED) is 0.320. The molecule has 42 heavy (non-hydrogen) atoms. The third-order valence-corrected chi connectivity index (χ3v) is 7.97. The Morgan fingerprint density at radius 1 is 1.10 bits per heavy atom. The van der Waals surface area contributed by atoms with Crippen molar-refractivity contribution >= 4 is 40.8 Å². The Morgan fingerprint density at radius 3 is 2.52 bits per heavy atom. The highest BCUT2D eigenvalue weighted by Gasteiger charge is 2.60. The lowest BCUT2D eigenvalue weighted by Crippen LogP contribution is -2.59. The van der Waals surface area contributed by atoms with Crippen LogP contribution in [0.3, 0.4) is 0 Å². The molecule has 8 nitrogen and oxygen atoms in total. The molecule has 2 saturated heterocycles. The van der Waals surface area contributed by atoms with Crippen molar-refractivity contribution in [2.75, 3.05) is 23.3 Å². The molecule has 2 aliphatic rings. The molecule has 1 spiro atoms. The van der Waals surface area contributed by atoms with Gasteiger partial charge in [-0.05, 0) is 93.8 Å². The first-order chi connectivity index (χ1) is 20.1. The molecule has 2 heterocycles. The van der Waals surface area contributed by atoms with Crippen molar-refractivity contribution in [3.63, 3.8) is 0 Å². The number of benzene rings is 3. The summed E-state index contributed by atoms with van der Waals surface area (Å²) in [7, 11) is 0. The molecular weight excluding hydrogens is 559 g/mol. The van der Waals surface area contributed by atoms with E-state index in [0.717, 1.165) is 16.2 Å². The topological polar surface area (TPSA) is 82.2 Å². The number of imide groups is 1. The van der Waals surface area contributed by atoms with Crippen LogP contribution in [0.2, 0.25) is 5.02 Å². The molecule has 10 heteroatoms. The van der Waals surface area contributed by atoms with Crippen molar-refractivity contribution in [1.29, 1.82) is 0 Å². The first-order valence-electron chi connectivity index (χ1n) is 14.0. The lowest BCUT2D eigenvalue weighted by Gasteiger charge is -2.45. The van der Waals surface area contributed by atoms with Crippen LogP contribution in [0.15, 0.2) is 72.8 Å².